The molecule has 0 amide bonds. The van der Waals surface area contributed by atoms with Crippen LogP contribution < -0.4 is 19.9 Å². The first-order valence-corrected chi connectivity index (χ1v) is 5.78. The number of nitrogens with two attached hydrogens (primary N) is 1. The highest BCUT2D eigenvalue weighted by Crippen LogP contribution is 2.36. The van der Waals surface area contributed by atoms with Crippen LogP contribution in [0.15, 0.2) is 41.7 Å². The fraction of sp³-hybridized carbons (Fsp3) is 0.0769. The van der Waals surface area contributed by atoms with Gasteiger partial charge in [-0.05, 0) is 24.3 Å². The van der Waals surface area contributed by atoms with Crippen molar-refractivity contribution in [1.82, 2.24) is 4.98 Å². The van der Waals surface area contributed by atoms with E-state index >= 15 is 0 Å². The first kappa shape index (κ1) is 12.1. The Hall–Kier alpha value is -2.96. The molecule has 3 rings (SSSR count). The number of amidine groups is 1. The third-order valence-corrected chi connectivity index (χ3v) is 2.69. The van der Waals surface area contributed by atoms with Gasteiger partial charge in [0.05, 0.1) is 6.20 Å². The number of pyridine rings is 1. The molecule has 20 heavy (non-hydrogen) atoms. The third kappa shape index (κ3) is 2.28. The monoisotopic (exact) mass is 273 g/mol. The second-order valence-corrected chi connectivity index (χ2v) is 3.98. The zero-order valence-electron chi connectivity index (χ0n) is 10.3. The van der Waals surface area contributed by atoms with Crippen molar-refractivity contribution in [2.24, 2.45) is 10.9 Å². The van der Waals surface area contributed by atoms with Gasteiger partial charge in [0.1, 0.15) is 17.2 Å². The first-order chi connectivity index (χ1) is 9.76. The molecule has 0 spiro atoms. The van der Waals surface area contributed by atoms with Gasteiger partial charge >= 0.3 is 0 Å². The fourth-order valence-corrected chi connectivity index (χ4v) is 1.72. The number of benzene rings is 1. The van der Waals surface area contributed by atoms with Gasteiger partial charge in [-0.25, -0.2) is 4.98 Å². The van der Waals surface area contributed by atoms with Crippen molar-refractivity contribution in [3.63, 3.8) is 0 Å². The number of rotatable bonds is 3. The quantitative estimate of drug-likeness (QED) is 0.382. The van der Waals surface area contributed by atoms with E-state index in [9.17, 15) is 0 Å². The molecule has 0 atom stereocenters. The van der Waals surface area contributed by atoms with Crippen LogP contribution in [-0.2, 0) is 0 Å². The molecule has 0 unspecified atom stereocenters. The van der Waals surface area contributed by atoms with Crippen molar-refractivity contribution in [3.8, 4) is 23.0 Å². The van der Waals surface area contributed by atoms with Crippen LogP contribution in [0.1, 0.15) is 5.69 Å². The number of ether oxygens (including phenoxy) is 3. The van der Waals surface area contributed by atoms with Gasteiger partial charge in [0.2, 0.25) is 6.79 Å². The zero-order chi connectivity index (χ0) is 13.9. The van der Waals surface area contributed by atoms with Gasteiger partial charge in [0.25, 0.3) is 0 Å². The summed E-state index contributed by atoms with van der Waals surface area (Å²) in [6, 6.07) is 8.54. The Morgan fingerprint density at radius 3 is 2.75 bits per heavy atom. The van der Waals surface area contributed by atoms with Gasteiger partial charge in [0, 0.05) is 6.07 Å². The Labute approximate surface area is 114 Å². The maximum Gasteiger partial charge on any atom is 0.231 e. The predicted octanol–water partition coefficient (Wildman–Crippen LogP) is 1.70. The topological polar surface area (TPSA) is 99.2 Å². The molecule has 0 radical (unpaired) electrons. The van der Waals surface area contributed by atoms with Crippen molar-refractivity contribution in [1.29, 1.82) is 0 Å². The summed E-state index contributed by atoms with van der Waals surface area (Å²) in [4.78, 5) is 4.02. The molecule has 1 aliphatic rings. The molecule has 0 aliphatic carbocycles. The Morgan fingerprint density at radius 1 is 1.20 bits per heavy atom. The summed E-state index contributed by atoms with van der Waals surface area (Å²) in [5.74, 6) is 2.41. The van der Waals surface area contributed by atoms with E-state index in [-0.39, 0.29) is 12.6 Å². The Bertz CT molecular complexity index is 655. The number of fused-ring (bicyclic) bond motifs is 1. The second kappa shape index (κ2) is 4.96. The average Bonchev–Trinajstić information content (AvgIpc) is 2.95. The molecule has 102 valence electrons. The zero-order valence-corrected chi connectivity index (χ0v) is 10.3. The molecule has 7 heteroatoms. The minimum atomic E-state index is -0.0559. The third-order valence-electron chi connectivity index (χ3n) is 2.69. The standard InChI is InChI=1S/C13H11N3O4/c14-13(16-17)10-3-1-9(6-15-10)20-8-2-4-11-12(5-8)19-7-18-11/h1-6,17H,7H2,(H2,14,16). The minimum Gasteiger partial charge on any atom is -0.456 e. The Balaban J connectivity index is 1.78. The van der Waals surface area contributed by atoms with E-state index in [0.717, 1.165) is 0 Å². The summed E-state index contributed by atoms with van der Waals surface area (Å²) in [6.07, 6.45) is 1.48. The van der Waals surface area contributed by atoms with Gasteiger partial charge in [-0.1, -0.05) is 5.16 Å². The van der Waals surface area contributed by atoms with Crippen LogP contribution in [0.4, 0.5) is 0 Å². The number of oxime groups is 1. The van der Waals surface area contributed by atoms with Crippen molar-refractivity contribution < 1.29 is 19.4 Å². The summed E-state index contributed by atoms with van der Waals surface area (Å²) in [6.45, 7) is 0.217. The molecule has 3 N–H and O–H groups in total. The number of aromatic nitrogens is 1. The number of nitrogens with zero attached hydrogens (tertiary/aromatic N) is 2. The van der Waals surface area contributed by atoms with Crippen LogP contribution in [0.2, 0.25) is 0 Å². The van der Waals surface area contributed by atoms with E-state index in [1.165, 1.54) is 6.20 Å². The summed E-state index contributed by atoms with van der Waals surface area (Å²) in [5.41, 5.74) is 5.79. The van der Waals surface area contributed by atoms with Crippen molar-refractivity contribution in [2.75, 3.05) is 6.79 Å². The van der Waals surface area contributed by atoms with Crippen molar-refractivity contribution in [3.05, 3.63) is 42.2 Å². The van der Waals surface area contributed by atoms with Crippen LogP contribution in [0.3, 0.4) is 0 Å². The van der Waals surface area contributed by atoms with Crippen LogP contribution in [0.5, 0.6) is 23.0 Å². The molecule has 0 bridgehead atoms. The smallest absolute Gasteiger partial charge is 0.231 e. The molecular formula is C13H11N3O4. The predicted molar refractivity (Wildman–Crippen MR) is 69.4 cm³/mol. The van der Waals surface area contributed by atoms with Crippen LogP contribution >= 0.6 is 0 Å². The lowest BCUT2D eigenvalue weighted by Gasteiger charge is -2.06. The minimum absolute atomic E-state index is 0.0559. The van der Waals surface area contributed by atoms with E-state index in [1.807, 2.05) is 0 Å². The second-order valence-electron chi connectivity index (χ2n) is 3.98. The SMILES string of the molecule is N/C(=N/O)c1ccc(Oc2ccc3c(c2)OCO3)cn1. The van der Waals surface area contributed by atoms with E-state index < -0.39 is 0 Å². The largest absolute Gasteiger partial charge is 0.456 e. The molecular weight excluding hydrogens is 262 g/mol. The van der Waals surface area contributed by atoms with Gasteiger partial charge < -0.3 is 25.2 Å². The van der Waals surface area contributed by atoms with Crippen molar-refractivity contribution >= 4 is 5.84 Å². The van der Waals surface area contributed by atoms with Gasteiger partial charge in [-0.15, -0.1) is 0 Å². The molecule has 1 aliphatic heterocycles. The molecule has 1 aromatic heterocycles. The molecule has 0 fully saturated rings. The Morgan fingerprint density at radius 2 is 2.00 bits per heavy atom. The van der Waals surface area contributed by atoms with Gasteiger partial charge in [0.15, 0.2) is 17.3 Å². The summed E-state index contributed by atoms with van der Waals surface area (Å²) in [5, 5.41) is 11.4. The number of hydrogen-bond acceptors (Lipinski definition) is 6. The Kier molecular flexibility index (Phi) is 3.00. The first-order valence-electron chi connectivity index (χ1n) is 5.78. The van der Waals surface area contributed by atoms with Crippen LogP contribution in [0.25, 0.3) is 0 Å². The molecule has 2 heterocycles. The lowest BCUT2D eigenvalue weighted by molar-refractivity contribution is 0.174. The highest BCUT2D eigenvalue weighted by Gasteiger charge is 2.14. The van der Waals surface area contributed by atoms with Crippen LogP contribution in [-0.4, -0.2) is 22.8 Å². The molecule has 2 aromatic rings. The van der Waals surface area contributed by atoms with E-state index in [2.05, 4.69) is 10.1 Å². The summed E-state index contributed by atoms with van der Waals surface area (Å²) < 4.78 is 16.1. The fourth-order valence-electron chi connectivity index (χ4n) is 1.72. The van der Waals surface area contributed by atoms with Crippen LogP contribution in [0, 0.1) is 0 Å². The molecule has 7 nitrogen and oxygen atoms in total. The summed E-state index contributed by atoms with van der Waals surface area (Å²) in [7, 11) is 0. The maximum absolute atomic E-state index is 8.55. The molecule has 1 aromatic carbocycles. The normalized spacial score (nSPS) is 13.3. The van der Waals surface area contributed by atoms with E-state index in [4.69, 9.17) is 25.2 Å². The average molecular weight is 273 g/mol. The lowest BCUT2D eigenvalue weighted by Crippen LogP contribution is -2.14. The highest BCUT2D eigenvalue weighted by atomic mass is 16.7. The molecule has 0 saturated heterocycles. The van der Waals surface area contributed by atoms with Crippen molar-refractivity contribution in [2.45, 2.75) is 0 Å². The summed E-state index contributed by atoms with van der Waals surface area (Å²) >= 11 is 0. The number of hydrogen-bond donors (Lipinski definition) is 2. The van der Waals surface area contributed by atoms with Gasteiger partial charge in [-0.3, -0.25) is 0 Å². The van der Waals surface area contributed by atoms with E-state index in [1.54, 1.807) is 30.3 Å². The van der Waals surface area contributed by atoms with E-state index in [0.29, 0.717) is 28.7 Å². The lowest BCUT2D eigenvalue weighted by atomic mass is 10.3. The maximum atomic E-state index is 8.55. The molecule has 0 saturated carbocycles. The van der Waals surface area contributed by atoms with Gasteiger partial charge in [-0.2, -0.15) is 0 Å². The highest BCUT2D eigenvalue weighted by molar-refractivity contribution is 5.95.